The fourth-order valence-electron chi connectivity index (χ4n) is 2.64. The predicted molar refractivity (Wildman–Crippen MR) is 107 cm³/mol. The van der Waals surface area contributed by atoms with E-state index in [1.54, 1.807) is 11.9 Å². The number of benzene rings is 2. The van der Waals surface area contributed by atoms with Gasteiger partial charge in [0.15, 0.2) is 0 Å². The minimum atomic E-state index is 0.561. The molecule has 2 aromatic rings. The predicted octanol–water partition coefficient (Wildman–Crippen LogP) is 6.24. The third-order valence-corrected chi connectivity index (χ3v) is 5.07. The van der Waals surface area contributed by atoms with Crippen LogP contribution in [0.4, 0.5) is 0 Å². The second-order valence-electron chi connectivity index (χ2n) is 5.74. The van der Waals surface area contributed by atoms with Crippen molar-refractivity contribution in [3.63, 3.8) is 0 Å². The van der Waals surface area contributed by atoms with E-state index in [1.165, 1.54) is 22.4 Å². The molecular formula is C22H27NS. The molecule has 0 amide bonds. The van der Waals surface area contributed by atoms with Crippen LogP contribution in [0, 0.1) is 11.8 Å². The lowest BCUT2D eigenvalue weighted by atomic mass is 10.1. The molecule has 0 heterocycles. The van der Waals surface area contributed by atoms with Gasteiger partial charge in [0, 0.05) is 16.5 Å². The van der Waals surface area contributed by atoms with Gasteiger partial charge in [-0.05, 0) is 47.9 Å². The summed E-state index contributed by atoms with van der Waals surface area (Å²) in [5.41, 5.74) is 3.79. The molecule has 1 aliphatic rings. The number of rotatable bonds is 7. The van der Waals surface area contributed by atoms with Crippen molar-refractivity contribution in [2.24, 2.45) is 11.8 Å². The number of hydrogen-bond acceptors (Lipinski definition) is 2. The van der Waals surface area contributed by atoms with E-state index in [1.807, 2.05) is 19.9 Å². The third-order valence-electron chi connectivity index (χ3n) is 4.09. The lowest BCUT2D eigenvalue weighted by molar-refractivity contribution is 0.886. The molecule has 1 aliphatic carbocycles. The number of allylic oxidation sites excluding steroid dienone is 2. The highest BCUT2D eigenvalue weighted by molar-refractivity contribution is 7.97. The van der Waals surface area contributed by atoms with Crippen LogP contribution in [0.2, 0.25) is 0 Å². The molecule has 0 aliphatic heterocycles. The molecule has 1 N–H and O–H groups in total. The Labute approximate surface area is 151 Å². The van der Waals surface area contributed by atoms with Gasteiger partial charge < -0.3 is 4.72 Å². The van der Waals surface area contributed by atoms with Gasteiger partial charge in [0.1, 0.15) is 0 Å². The first-order chi connectivity index (χ1) is 11.8. The summed E-state index contributed by atoms with van der Waals surface area (Å²) in [7, 11) is 0. The molecule has 2 unspecified atom stereocenters. The van der Waals surface area contributed by atoms with Gasteiger partial charge in [-0.25, -0.2) is 0 Å². The van der Waals surface area contributed by atoms with Crippen molar-refractivity contribution in [2.75, 3.05) is 0 Å². The standard InChI is InChI=1S/C20H21NS.C2H6/c1-3-17-14-19(17)15(2)21-22-20-12-8-7-11-18(20)13-16-9-5-4-6-10-16;1-2/h3-12,17,19,21H,1-2,13-14H2;1-2H3. The van der Waals surface area contributed by atoms with Crippen LogP contribution in [0.3, 0.4) is 0 Å². The van der Waals surface area contributed by atoms with Crippen molar-refractivity contribution in [2.45, 2.75) is 31.6 Å². The first kappa shape index (κ1) is 18.4. The van der Waals surface area contributed by atoms with E-state index in [4.69, 9.17) is 0 Å². The molecule has 0 aromatic heterocycles. The first-order valence-electron chi connectivity index (χ1n) is 8.64. The van der Waals surface area contributed by atoms with Crippen molar-refractivity contribution in [1.82, 2.24) is 4.72 Å². The van der Waals surface area contributed by atoms with E-state index in [2.05, 4.69) is 72.5 Å². The van der Waals surface area contributed by atoms with Gasteiger partial charge >= 0.3 is 0 Å². The molecule has 1 nitrogen and oxygen atoms in total. The van der Waals surface area contributed by atoms with Crippen LogP contribution in [-0.2, 0) is 6.42 Å². The van der Waals surface area contributed by atoms with Gasteiger partial charge in [0.25, 0.3) is 0 Å². The molecule has 0 radical (unpaired) electrons. The lowest BCUT2D eigenvalue weighted by Gasteiger charge is -2.12. The average Bonchev–Trinajstić information content (AvgIpc) is 3.43. The summed E-state index contributed by atoms with van der Waals surface area (Å²) in [6.07, 6.45) is 4.17. The van der Waals surface area contributed by atoms with Crippen molar-refractivity contribution < 1.29 is 0 Å². The van der Waals surface area contributed by atoms with Crippen molar-refractivity contribution in [3.8, 4) is 0 Å². The Balaban J connectivity index is 0.00000100. The van der Waals surface area contributed by atoms with Crippen LogP contribution in [0.25, 0.3) is 0 Å². The number of nitrogens with one attached hydrogen (secondary N) is 1. The molecule has 0 bridgehead atoms. The van der Waals surface area contributed by atoms with E-state index in [-0.39, 0.29) is 0 Å². The van der Waals surface area contributed by atoms with Crippen LogP contribution in [0.1, 0.15) is 31.4 Å². The normalized spacial score (nSPS) is 18.1. The van der Waals surface area contributed by atoms with Crippen LogP contribution in [0.5, 0.6) is 0 Å². The van der Waals surface area contributed by atoms with Gasteiger partial charge in [-0.1, -0.05) is 75.0 Å². The second-order valence-corrected chi connectivity index (χ2v) is 6.59. The molecule has 2 aromatic carbocycles. The Morgan fingerprint density at radius 2 is 1.79 bits per heavy atom. The zero-order chi connectivity index (χ0) is 17.4. The van der Waals surface area contributed by atoms with Gasteiger partial charge in [-0.3, -0.25) is 0 Å². The molecule has 126 valence electrons. The van der Waals surface area contributed by atoms with Crippen LogP contribution < -0.4 is 4.72 Å². The summed E-state index contributed by atoms with van der Waals surface area (Å²) in [5, 5.41) is 0. The van der Waals surface area contributed by atoms with E-state index in [0.717, 1.165) is 12.1 Å². The molecule has 2 heteroatoms. The molecular weight excluding hydrogens is 310 g/mol. The fraction of sp³-hybridized carbons (Fsp3) is 0.273. The van der Waals surface area contributed by atoms with Gasteiger partial charge in [-0.15, -0.1) is 6.58 Å². The lowest BCUT2D eigenvalue weighted by Crippen LogP contribution is -2.05. The zero-order valence-corrected chi connectivity index (χ0v) is 15.5. The summed E-state index contributed by atoms with van der Waals surface area (Å²) in [6, 6.07) is 19.1. The third kappa shape index (κ3) is 5.04. The Kier molecular flexibility index (Phi) is 7.20. The van der Waals surface area contributed by atoms with Crippen molar-refractivity contribution >= 4 is 11.9 Å². The SMILES string of the molecule is C=CC1CC1C(=C)NSc1ccccc1Cc1ccccc1.CC. The molecule has 24 heavy (non-hydrogen) atoms. The maximum absolute atomic E-state index is 4.16. The maximum Gasteiger partial charge on any atom is 0.0320 e. The van der Waals surface area contributed by atoms with E-state index >= 15 is 0 Å². The monoisotopic (exact) mass is 337 g/mol. The summed E-state index contributed by atoms with van der Waals surface area (Å²) >= 11 is 1.67. The van der Waals surface area contributed by atoms with E-state index in [9.17, 15) is 0 Å². The Morgan fingerprint density at radius 1 is 1.12 bits per heavy atom. The van der Waals surface area contributed by atoms with Crippen LogP contribution in [0.15, 0.2) is 84.4 Å². The highest BCUT2D eigenvalue weighted by Gasteiger charge is 2.36. The molecule has 3 rings (SSSR count). The molecule has 2 atom stereocenters. The van der Waals surface area contributed by atoms with Gasteiger partial charge in [0.05, 0.1) is 0 Å². The maximum atomic E-state index is 4.16. The molecule has 0 saturated heterocycles. The fourth-order valence-corrected chi connectivity index (χ4v) is 3.45. The quantitative estimate of drug-likeness (QED) is 0.474. The van der Waals surface area contributed by atoms with Gasteiger partial charge in [-0.2, -0.15) is 0 Å². The summed E-state index contributed by atoms with van der Waals surface area (Å²) in [4.78, 5) is 1.27. The average molecular weight is 338 g/mol. The Hall–Kier alpha value is -1.93. The van der Waals surface area contributed by atoms with Crippen LogP contribution >= 0.6 is 11.9 Å². The summed E-state index contributed by atoms with van der Waals surface area (Å²) in [6.45, 7) is 12.0. The topological polar surface area (TPSA) is 12.0 Å². The van der Waals surface area contributed by atoms with Crippen LogP contribution in [-0.4, -0.2) is 0 Å². The molecule has 0 spiro atoms. The Morgan fingerprint density at radius 3 is 2.46 bits per heavy atom. The van der Waals surface area contributed by atoms with Gasteiger partial charge in [0.2, 0.25) is 0 Å². The second kappa shape index (κ2) is 9.39. The van der Waals surface area contributed by atoms with Crippen molar-refractivity contribution in [1.29, 1.82) is 0 Å². The smallest absolute Gasteiger partial charge is 0.0320 e. The molecule has 1 fully saturated rings. The molecule has 1 saturated carbocycles. The van der Waals surface area contributed by atoms with Crippen molar-refractivity contribution in [3.05, 3.63) is 90.7 Å². The largest absolute Gasteiger partial charge is 0.330 e. The van der Waals surface area contributed by atoms with E-state index < -0.39 is 0 Å². The minimum Gasteiger partial charge on any atom is -0.330 e. The highest BCUT2D eigenvalue weighted by atomic mass is 32.2. The summed E-state index contributed by atoms with van der Waals surface area (Å²) < 4.78 is 3.43. The first-order valence-corrected chi connectivity index (χ1v) is 9.45. The number of hydrogen-bond donors (Lipinski definition) is 1. The Bertz CT molecular complexity index is 663. The highest BCUT2D eigenvalue weighted by Crippen LogP contribution is 2.44. The van der Waals surface area contributed by atoms with E-state index in [0.29, 0.717) is 11.8 Å². The summed E-state index contributed by atoms with van der Waals surface area (Å²) in [5.74, 6) is 1.17. The zero-order valence-electron chi connectivity index (χ0n) is 14.7. The minimum absolute atomic E-state index is 0.561.